The number of nitrogens with one attached hydrogen (secondary N) is 2. The van der Waals surface area contributed by atoms with E-state index in [1.807, 2.05) is 71.7 Å². The summed E-state index contributed by atoms with van der Waals surface area (Å²) in [5.41, 5.74) is 5.52. The maximum atomic E-state index is 12.8. The van der Waals surface area contributed by atoms with Gasteiger partial charge in [0, 0.05) is 12.1 Å². The van der Waals surface area contributed by atoms with Crippen molar-refractivity contribution < 1.29 is 9.59 Å². The highest BCUT2D eigenvalue weighted by atomic mass is 16.2. The van der Waals surface area contributed by atoms with Crippen molar-refractivity contribution in [1.82, 2.24) is 15.8 Å². The molecule has 1 saturated heterocycles. The van der Waals surface area contributed by atoms with Gasteiger partial charge in [-0.15, -0.1) is 0 Å². The van der Waals surface area contributed by atoms with E-state index in [1.165, 1.54) is 0 Å². The van der Waals surface area contributed by atoms with Gasteiger partial charge in [-0.25, -0.2) is 5.01 Å². The minimum atomic E-state index is -0.682. The summed E-state index contributed by atoms with van der Waals surface area (Å²) in [4.78, 5) is 25.4. The fourth-order valence-corrected chi connectivity index (χ4v) is 3.50. The second kappa shape index (κ2) is 8.06. The van der Waals surface area contributed by atoms with Crippen molar-refractivity contribution in [2.45, 2.75) is 18.6 Å². The first kappa shape index (κ1) is 17.9. The molecular formula is C23H21N3O2. The molecule has 0 saturated carbocycles. The van der Waals surface area contributed by atoms with Gasteiger partial charge < -0.3 is 5.32 Å². The van der Waals surface area contributed by atoms with E-state index in [4.69, 9.17) is 0 Å². The highest BCUT2D eigenvalue weighted by Gasteiger charge is 2.42. The Bertz CT molecular complexity index is 945. The molecule has 5 nitrogen and oxygen atoms in total. The predicted molar refractivity (Wildman–Crippen MR) is 107 cm³/mol. The zero-order chi connectivity index (χ0) is 19.3. The van der Waals surface area contributed by atoms with Crippen molar-refractivity contribution in [1.29, 1.82) is 0 Å². The van der Waals surface area contributed by atoms with Crippen LogP contribution in [0.15, 0.2) is 91.0 Å². The molecule has 1 aliphatic heterocycles. The van der Waals surface area contributed by atoms with Gasteiger partial charge in [0.1, 0.15) is 6.04 Å². The largest absolute Gasteiger partial charge is 0.338 e. The lowest BCUT2D eigenvalue weighted by Crippen LogP contribution is -2.43. The van der Waals surface area contributed by atoms with Crippen molar-refractivity contribution in [2.24, 2.45) is 0 Å². The molecule has 140 valence electrons. The van der Waals surface area contributed by atoms with Crippen molar-refractivity contribution >= 4 is 11.8 Å². The topological polar surface area (TPSA) is 61.4 Å². The van der Waals surface area contributed by atoms with Gasteiger partial charge in [0.25, 0.3) is 11.8 Å². The first-order valence-corrected chi connectivity index (χ1v) is 9.24. The van der Waals surface area contributed by atoms with E-state index in [2.05, 4.69) is 10.7 Å². The van der Waals surface area contributed by atoms with Crippen LogP contribution in [0.3, 0.4) is 0 Å². The molecule has 3 aromatic carbocycles. The van der Waals surface area contributed by atoms with Crippen LogP contribution in [0.4, 0.5) is 0 Å². The molecule has 4 rings (SSSR count). The predicted octanol–water partition coefficient (Wildman–Crippen LogP) is 3.07. The molecule has 2 atom stereocenters. The van der Waals surface area contributed by atoms with E-state index in [0.29, 0.717) is 12.1 Å². The summed E-state index contributed by atoms with van der Waals surface area (Å²) >= 11 is 0. The van der Waals surface area contributed by atoms with Crippen LogP contribution < -0.4 is 10.7 Å². The van der Waals surface area contributed by atoms with Gasteiger partial charge in [0.2, 0.25) is 0 Å². The number of nitrogens with zero attached hydrogens (tertiary/aromatic N) is 1. The van der Waals surface area contributed by atoms with Crippen LogP contribution in [0.1, 0.15) is 27.5 Å². The molecule has 0 spiro atoms. The Morgan fingerprint density at radius 1 is 0.857 bits per heavy atom. The Morgan fingerprint density at radius 2 is 1.43 bits per heavy atom. The van der Waals surface area contributed by atoms with Gasteiger partial charge in [-0.2, -0.15) is 0 Å². The SMILES string of the molecule is O=C(N[C@@H]1C(=O)NN(Cc2ccccc2)[C@H]1c1ccccc1)c1ccccc1. The van der Waals surface area contributed by atoms with Crippen LogP contribution in [-0.2, 0) is 11.3 Å². The molecule has 2 amide bonds. The first-order chi connectivity index (χ1) is 13.7. The fourth-order valence-electron chi connectivity index (χ4n) is 3.50. The fraction of sp³-hybridized carbons (Fsp3) is 0.130. The molecule has 0 unspecified atom stereocenters. The van der Waals surface area contributed by atoms with Crippen molar-refractivity contribution in [3.05, 3.63) is 108 Å². The molecule has 0 radical (unpaired) electrons. The summed E-state index contributed by atoms with van der Waals surface area (Å²) in [7, 11) is 0. The van der Waals surface area contributed by atoms with Crippen molar-refractivity contribution in [2.75, 3.05) is 0 Å². The number of hydrazine groups is 1. The van der Waals surface area contributed by atoms with Crippen LogP contribution in [0.2, 0.25) is 0 Å². The van der Waals surface area contributed by atoms with Crippen molar-refractivity contribution in [3.63, 3.8) is 0 Å². The van der Waals surface area contributed by atoms with Crippen molar-refractivity contribution in [3.8, 4) is 0 Å². The number of benzene rings is 3. The molecule has 2 N–H and O–H groups in total. The highest BCUT2D eigenvalue weighted by molar-refractivity contribution is 5.98. The standard InChI is InChI=1S/C23H21N3O2/c27-22(19-14-8-3-9-15-19)24-20-21(18-12-6-2-7-13-18)26(25-23(20)28)16-17-10-4-1-5-11-17/h1-15,20-21H,16H2,(H,24,27)(H,25,28)/t20-,21-/m0/s1. The third-order valence-corrected chi connectivity index (χ3v) is 4.85. The molecule has 5 heteroatoms. The molecule has 3 aromatic rings. The van der Waals surface area contributed by atoms with Crippen LogP contribution in [0, 0.1) is 0 Å². The number of rotatable bonds is 5. The normalized spacial score (nSPS) is 19.2. The molecule has 1 aliphatic rings. The molecular weight excluding hydrogens is 350 g/mol. The summed E-state index contributed by atoms with van der Waals surface area (Å²) in [6.07, 6.45) is 0. The number of hydrogen-bond acceptors (Lipinski definition) is 3. The molecule has 0 aliphatic carbocycles. The lowest BCUT2D eigenvalue weighted by atomic mass is 9.99. The van der Waals surface area contributed by atoms with Gasteiger partial charge in [-0.05, 0) is 23.3 Å². The number of carbonyl (C=O) groups is 2. The van der Waals surface area contributed by atoms with Gasteiger partial charge in [0.15, 0.2) is 0 Å². The summed E-state index contributed by atoms with van der Waals surface area (Å²) in [6, 6.07) is 27.7. The third-order valence-electron chi connectivity index (χ3n) is 4.85. The van der Waals surface area contributed by atoms with Gasteiger partial charge >= 0.3 is 0 Å². The van der Waals surface area contributed by atoms with E-state index < -0.39 is 6.04 Å². The average Bonchev–Trinajstić information content (AvgIpc) is 3.04. The number of hydrogen-bond donors (Lipinski definition) is 2. The molecule has 28 heavy (non-hydrogen) atoms. The molecule has 0 aromatic heterocycles. The Hall–Kier alpha value is -3.44. The second-order valence-electron chi connectivity index (χ2n) is 6.76. The zero-order valence-electron chi connectivity index (χ0n) is 15.3. The summed E-state index contributed by atoms with van der Waals surface area (Å²) in [5, 5.41) is 4.81. The van der Waals surface area contributed by atoms with Crippen LogP contribution in [0.25, 0.3) is 0 Å². The summed E-state index contributed by atoms with van der Waals surface area (Å²) < 4.78 is 0. The van der Waals surface area contributed by atoms with E-state index in [0.717, 1.165) is 11.1 Å². The summed E-state index contributed by atoms with van der Waals surface area (Å²) in [6.45, 7) is 0.545. The van der Waals surface area contributed by atoms with Gasteiger partial charge in [0.05, 0.1) is 6.04 Å². The molecule has 1 fully saturated rings. The van der Waals surface area contributed by atoms with Gasteiger partial charge in [-0.3, -0.25) is 15.0 Å². The maximum absolute atomic E-state index is 12.8. The minimum Gasteiger partial charge on any atom is -0.338 e. The Balaban J connectivity index is 1.62. The Labute approximate surface area is 164 Å². The lowest BCUT2D eigenvalue weighted by molar-refractivity contribution is -0.122. The average molecular weight is 371 g/mol. The van der Waals surface area contributed by atoms with Crippen LogP contribution in [-0.4, -0.2) is 22.9 Å². The van der Waals surface area contributed by atoms with Crippen LogP contribution in [0.5, 0.6) is 0 Å². The lowest BCUT2D eigenvalue weighted by Gasteiger charge is -2.26. The van der Waals surface area contributed by atoms with E-state index in [1.54, 1.807) is 24.3 Å². The second-order valence-corrected chi connectivity index (χ2v) is 6.76. The Morgan fingerprint density at radius 3 is 2.07 bits per heavy atom. The molecule has 1 heterocycles. The van der Waals surface area contributed by atoms with E-state index in [-0.39, 0.29) is 17.9 Å². The highest BCUT2D eigenvalue weighted by Crippen LogP contribution is 2.29. The van der Waals surface area contributed by atoms with Crippen LogP contribution >= 0.6 is 0 Å². The molecule has 0 bridgehead atoms. The third kappa shape index (κ3) is 3.80. The zero-order valence-corrected chi connectivity index (χ0v) is 15.3. The summed E-state index contributed by atoms with van der Waals surface area (Å²) in [5.74, 6) is -0.475. The monoisotopic (exact) mass is 371 g/mol. The smallest absolute Gasteiger partial charge is 0.258 e. The first-order valence-electron chi connectivity index (χ1n) is 9.24. The number of amides is 2. The number of carbonyl (C=O) groups excluding carboxylic acids is 2. The quantitative estimate of drug-likeness (QED) is 0.725. The van der Waals surface area contributed by atoms with E-state index >= 15 is 0 Å². The maximum Gasteiger partial charge on any atom is 0.258 e. The Kier molecular flexibility index (Phi) is 5.17. The van der Waals surface area contributed by atoms with Gasteiger partial charge in [-0.1, -0.05) is 78.9 Å². The minimum absolute atomic E-state index is 0.214. The van der Waals surface area contributed by atoms with E-state index in [9.17, 15) is 9.59 Å².